The number of likely N-dealkylation sites (tertiary alicyclic amines) is 1. The fourth-order valence-corrected chi connectivity index (χ4v) is 6.00. The first kappa shape index (κ1) is 20.3. The molecular formula is C23H24N6O3S. The van der Waals surface area contributed by atoms with Crippen LogP contribution in [-0.2, 0) is 15.7 Å². The van der Waals surface area contributed by atoms with E-state index in [-0.39, 0.29) is 11.8 Å². The SMILES string of the molecule is CS(=O)(=O)Cn1nc(-c2cnn3ccccc23)c2cnc(C(=O)N3CC4CCC(C4)C3)cc21. The van der Waals surface area contributed by atoms with Crippen molar-refractivity contribution in [1.29, 1.82) is 0 Å². The molecule has 170 valence electrons. The van der Waals surface area contributed by atoms with Crippen molar-refractivity contribution in [3.63, 3.8) is 0 Å². The number of sulfone groups is 1. The zero-order valence-corrected chi connectivity index (χ0v) is 19.1. The van der Waals surface area contributed by atoms with Crippen LogP contribution in [0.5, 0.6) is 0 Å². The molecule has 1 aliphatic carbocycles. The van der Waals surface area contributed by atoms with Crippen molar-refractivity contribution in [2.75, 3.05) is 19.3 Å². The molecule has 9 nitrogen and oxygen atoms in total. The summed E-state index contributed by atoms with van der Waals surface area (Å²) < 4.78 is 27.5. The lowest BCUT2D eigenvalue weighted by atomic mass is 9.98. The summed E-state index contributed by atoms with van der Waals surface area (Å²) in [6.07, 6.45) is 9.94. The van der Waals surface area contributed by atoms with Crippen molar-refractivity contribution in [2.24, 2.45) is 11.8 Å². The molecule has 4 aromatic rings. The Kier molecular flexibility index (Phi) is 4.55. The Bertz CT molecular complexity index is 1490. The molecule has 4 aromatic heterocycles. The van der Waals surface area contributed by atoms with Gasteiger partial charge in [-0.25, -0.2) is 17.6 Å². The van der Waals surface area contributed by atoms with E-state index in [0.29, 0.717) is 34.1 Å². The van der Waals surface area contributed by atoms with Crippen LogP contribution < -0.4 is 0 Å². The summed E-state index contributed by atoms with van der Waals surface area (Å²) in [5.41, 5.74) is 3.12. The van der Waals surface area contributed by atoms with E-state index in [1.54, 1.807) is 23.0 Å². The number of pyridine rings is 2. The average molecular weight is 465 g/mol. The van der Waals surface area contributed by atoms with Crippen LogP contribution in [0.3, 0.4) is 0 Å². The van der Waals surface area contributed by atoms with Gasteiger partial charge in [0.05, 0.1) is 17.2 Å². The van der Waals surface area contributed by atoms with Crippen LogP contribution in [0.25, 0.3) is 27.7 Å². The maximum absolute atomic E-state index is 13.3. The third kappa shape index (κ3) is 3.58. The fourth-order valence-electron chi connectivity index (χ4n) is 5.36. The number of amides is 1. The molecule has 10 heteroatoms. The highest BCUT2D eigenvalue weighted by molar-refractivity contribution is 7.89. The number of hydrogen-bond donors (Lipinski definition) is 0. The maximum atomic E-state index is 13.3. The predicted octanol–water partition coefficient (Wildman–Crippen LogP) is 2.62. The Morgan fingerprint density at radius 3 is 2.67 bits per heavy atom. The molecule has 2 aliphatic rings. The second-order valence-electron chi connectivity index (χ2n) is 9.33. The van der Waals surface area contributed by atoms with E-state index in [0.717, 1.165) is 24.2 Å². The Morgan fingerprint density at radius 2 is 1.91 bits per heavy atom. The second kappa shape index (κ2) is 7.38. The van der Waals surface area contributed by atoms with Gasteiger partial charge in [-0.05, 0) is 49.3 Å². The maximum Gasteiger partial charge on any atom is 0.272 e. The van der Waals surface area contributed by atoms with E-state index in [1.165, 1.54) is 30.2 Å². The summed E-state index contributed by atoms with van der Waals surface area (Å²) in [5, 5.41) is 9.70. The molecule has 0 N–H and O–H groups in total. The molecule has 1 aliphatic heterocycles. The topological polar surface area (TPSA) is 102 Å². The van der Waals surface area contributed by atoms with Gasteiger partial charge in [0.2, 0.25) is 0 Å². The average Bonchev–Trinajstić information content (AvgIpc) is 3.47. The van der Waals surface area contributed by atoms with E-state index >= 15 is 0 Å². The van der Waals surface area contributed by atoms with Gasteiger partial charge in [0.25, 0.3) is 5.91 Å². The molecular weight excluding hydrogens is 440 g/mol. The highest BCUT2D eigenvalue weighted by Gasteiger charge is 2.35. The first-order valence-electron chi connectivity index (χ1n) is 11.1. The van der Waals surface area contributed by atoms with Gasteiger partial charge in [0.15, 0.2) is 9.84 Å². The molecule has 2 fully saturated rings. The summed E-state index contributed by atoms with van der Waals surface area (Å²) in [6, 6.07) is 7.41. The summed E-state index contributed by atoms with van der Waals surface area (Å²) >= 11 is 0. The van der Waals surface area contributed by atoms with Crippen molar-refractivity contribution in [3.8, 4) is 11.3 Å². The summed E-state index contributed by atoms with van der Waals surface area (Å²) in [5.74, 6) is 0.774. The summed E-state index contributed by atoms with van der Waals surface area (Å²) in [6.45, 7) is 1.54. The Hall–Kier alpha value is -3.27. The number of carbonyl (C=O) groups excluding carboxylic acids is 1. The Labute approximate surface area is 190 Å². The zero-order valence-electron chi connectivity index (χ0n) is 18.3. The first-order chi connectivity index (χ1) is 15.9. The minimum Gasteiger partial charge on any atom is -0.337 e. The Morgan fingerprint density at radius 1 is 1.12 bits per heavy atom. The second-order valence-corrected chi connectivity index (χ2v) is 11.4. The van der Waals surface area contributed by atoms with Crippen molar-refractivity contribution in [1.82, 2.24) is 29.3 Å². The third-order valence-corrected chi connectivity index (χ3v) is 7.50. The molecule has 0 spiro atoms. The largest absolute Gasteiger partial charge is 0.337 e. The molecule has 2 unspecified atom stereocenters. The van der Waals surface area contributed by atoms with Crippen LogP contribution in [0, 0.1) is 11.8 Å². The van der Waals surface area contributed by atoms with Gasteiger partial charge >= 0.3 is 0 Å². The summed E-state index contributed by atoms with van der Waals surface area (Å²) in [7, 11) is -3.36. The minimum atomic E-state index is -3.36. The monoisotopic (exact) mass is 464 g/mol. The standard InChI is InChI=1S/C23H24N6O3S/c1-33(31,32)14-29-21-9-19(23(30)27-12-15-5-6-16(8-15)13-27)24-10-17(21)22(26-29)18-11-25-28-7-3-2-4-20(18)28/h2-4,7,9-11,15-16H,5-6,8,12-14H2,1H3. The molecule has 6 rings (SSSR count). The van der Waals surface area contributed by atoms with Gasteiger partial charge in [-0.1, -0.05) is 6.07 Å². The predicted molar refractivity (Wildman–Crippen MR) is 123 cm³/mol. The van der Waals surface area contributed by atoms with Crippen LogP contribution >= 0.6 is 0 Å². The quantitative estimate of drug-likeness (QED) is 0.460. The van der Waals surface area contributed by atoms with Crippen LogP contribution in [0.2, 0.25) is 0 Å². The van der Waals surface area contributed by atoms with E-state index in [2.05, 4.69) is 15.2 Å². The molecule has 2 atom stereocenters. The third-order valence-electron chi connectivity index (χ3n) is 6.79. The number of carbonyl (C=O) groups is 1. The molecule has 1 amide bonds. The lowest BCUT2D eigenvalue weighted by Gasteiger charge is -2.31. The number of fused-ring (bicyclic) bond motifs is 4. The number of nitrogens with zero attached hydrogens (tertiary/aromatic N) is 6. The number of rotatable bonds is 4. The van der Waals surface area contributed by atoms with Crippen LogP contribution in [0.4, 0.5) is 0 Å². The number of piperidine rings is 1. The molecule has 0 aromatic carbocycles. The van der Waals surface area contributed by atoms with Gasteiger partial charge in [0.1, 0.15) is 17.3 Å². The highest BCUT2D eigenvalue weighted by atomic mass is 32.2. The number of aromatic nitrogens is 5. The van der Waals surface area contributed by atoms with Gasteiger partial charge in [-0.3, -0.25) is 9.78 Å². The minimum absolute atomic E-state index is 0.0989. The van der Waals surface area contributed by atoms with E-state index in [1.807, 2.05) is 29.3 Å². The smallest absolute Gasteiger partial charge is 0.272 e. The summed E-state index contributed by atoms with van der Waals surface area (Å²) in [4.78, 5) is 19.7. The molecule has 2 bridgehead atoms. The lowest BCUT2D eigenvalue weighted by molar-refractivity contribution is 0.0656. The molecule has 33 heavy (non-hydrogen) atoms. The van der Waals surface area contributed by atoms with E-state index in [4.69, 9.17) is 0 Å². The molecule has 5 heterocycles. The van der Waals surface area contributed by atoms with Gasteiger partial charge in [0, 0.05) is 42.7 Å². The fraction of sp³-hybridized carbons (Fsp3) is 0.391. The van der Waals surface area contributed by atoms with Crippen LogP contribution in [0.15, 0.2) is 42.9 Å². The Balaban J connectivity index is 1.46. The van der Waals surface area contributed by atoms with E-state index < -0.39 is 9.84 Å². The lowest BCUT2D eigenvalue weighted by Crippen LogP contribution is -2.41. The highest BCUT2D eigenvalue weighted by Crippen LogP contribution is 2.37. The zero-order chi connectivity index (χ0) is 22.7. The van der Waals surface area contributed by atoms with Gasteiger partial charge in [-0.2, -0.15) is 10.2 Å². The van der Waals surface area contributed by atoms with E-state index in [9.17, 15) is 13.2 Å². The van der Waals surface area contributed by atoms with Crippen molar-refractivity contribution in [3.05, 3.63) is 48.5 Å². The molecule has 1 saturated heterocycles. The van der Waals surface area contributed by atoms with Crippen molar-refractivity contribution in [2.45, 2.75) is 25.1 Å². The van der Waals surface area contributed by atoms with Crippen LogP contribution in [0.1, 0.15) is 29.8 Å². The normalized spacial score (nSPS) is 20.7. The van der Waals surface area contributed by atoms with Crippen molar-refractivity contribution >= 4 is 32.2 Å². The van der Waals surface area contributed by atoms with Gasteiger partial charge in [-0.15, -0.1) is 0 Å². The first-order valence-corrected chi connectivity index (χ1v) is 13.2. The molecule has 0 radical (unpaired) electrons. The van der Waals surface area contributed by atoms with Gasteiger partial charge < -0.3 is 4.90 Å². The number of hydrogen-bond acceptors (Lipinski definition) is 6. The van der Waals surface area contributed by atoms with Crippen molar-refractivity contribution < 1.29 is 13.2 Å². The molecule has 1 saturated carbocycles. The van der Waals surface area contributed by atoms with Crippen LogP contribution in [-0.4, -0.2) is 62.9 Å².